The summed E-state index contributed by atoms with van der Waals surface area (Å²) in [6.07, 6.45) is 1.57. The lowest BCUT2D eigenvalue weighted by atomic mass is 10.0. The van der Waals surface area contributed by atoms with Gasteiger partial charge >= 0.3 is 0 Å². The third-order valence-electron chi connectivity index (χ3n) is 2.05. The zero-order chi connectivity index (χ0) is 9.97. The molecule has 2 rings (SSSR count). The molecule has 2 aromatic rings. The Bertz CT molecular complexity index is 494. The van der Waals surface area contributed by atoms with Crippen molar-refractivity contribution in [2.24, 2.45) is 0 Å². The van der Waals surface area contributed by atoms with Gasteiger partial charge in [0.2, 0.25) is 0 Å². The van der Waals surface area contributed by atoms with Crippen molar-refractivity contribution in [3.63, 3.8) is 0 Å². The molecule has 0 radical (unpaired) electrons. The first-order valence-corrected chi connectivity index (χ1v) is 4.23. The summed E-state index contributed by atoms with van der Waals surface area (Å²) in [5, 5.41) is 12.8. The topological polar surface area (TPSA) is 49.8 Å². The number of hydrogen-bond donors (Lipinski definition) is 0. The van der Waals surface area contributed by atoms with Crippen molar-refractivity contribution < 1.29 is 4.52 Å². The summed E-state index contributed by atoms with van der Waals surface area (Å²) in [6.45, 7) is 1.90. The molecule has 0 aliphatic heterocycles. The van der Waals surface area contributed by atoms with Crippen LogP contribution in [0.3, 0.4) is 0 Å². The lowest BCUT2D eigenvalue weighted by molar-refractivity contribution is 0.421. The smallest absolute Gasteiger partial charge is 0.127 e. The molecule has 0 aliphatic carbocycles. The van der Waals surface area contributed by atoms with Crippen LogP contribution in [0.4, 0.5) is 0 Å². The fourth-order valence-electron chi connectivity index (χ4n) is 1.33. The molecule has 1 aromatic carbocycles. The number of nitriles is 1. The summed E-state index contributed by atoms with van der Waals surface area (Å²) in [5.41, 5.74) is 3.11. The van der Waals surface area contributed by atoms with Gasteiger partial charge in [0.25, 0.3) is 0 Å². The fourth-order valence-corrected chi connectivity index (χ4v) is 1.33. The van der Waals surface area contributed by atoms with Crippen LogP contribution in [0.5, 0.6) is 0 Å². The van der Waals surface area contributed by atoms with Crippen molar-refractivity contribution in [3.8, 4) is 17.3 Å². The molecule has 0 saturated heterocycles. The molecule has 3 heteroatoms. The highest BCUT2D eigenvalue weighted by atomic mass is 16.5. The van der Waals surface area contributed by atoms with E-state index in [-0.39, 0.29) is 0 Å². The monoisotopic (exact) mass is 184 g/mol. The van der Waals surface area contributed by atoms with Crippen LogP contribution in [0.25, 0.3) is 11.3 Å². The van der Waals surface area contributed by atoms with E-state index in [1.165, 1.54) is 0 Å². The van der Waals surface area contributed by atoms with Gasteiger partial charge < -0.3 is 4.52 Å². The fraction of sp³-hybridized carbons (Fsp3) is 0.0909. The van der Waals surface area contributed by atoms with Gasteiger partial charge in [0.15, 0.2) is 0 Å². The molecule has 0 spiro atoms. The normalized spacial score (nSPS) is 9.71. The second-order valence-electron chi connectivity index (χ2n) is 3.00. The second-order valence-corrected chi connectivity index (χ2v) is 3.00. The van der Waals surface area contributed by atoms with Gasteiger partial charge in [-0.25, -0.2) is 0 Å². The van der Waals surface area contributed by atoms with Crippen LogP contribution in [-0.4, -0.2) is 5.16 Å². The third-order valence-corrected chi connectivity index (χ3v) is 2.05. The molecule has 0 saturated carbocycles. The number of nitrogens with zero attached hydrogens (tertiary/aromatic N) is 2. The average molecular weight is 184 g/mol. The van der Waals surface area contributed by atoms with Gasteiger partial charge in [0.05, 0.1) is 11.6 Å². The minimum Gasteiger partial charge on any atom is -0.364 e. The predicted molar refractivity (Wildman–Crippen MR) is 51.4 cm³/mol. The Balaban J connectivity index is 2.64. The first kappa shape index (κ1) is 8.52. The van der Waals surface area contributed by atoms with Crippen molar-refractivity contribution >= 4 is 0 Å². The number of benzene rings is 1. The van der Waals surface area contributed by atoms with E-state index in [1.807, 2.05) is 25.1 Å². The van der Waals surface area contributed by atoms with Gasteiger partial charge in [-0.05, 0) is 13.0 Å². The maximum atomic E-state index is 8.90. The van der Waals surface area contributed by atoms with Gasteiger partial charge in [-0.3, -0.25) is 0 Å². The van der Waals surface area contributed by atoms with E-state index in [4.69, 9.17) is 9.78 Å². The number of rotatable bonds is 1. The first-order chi connectivity index (χ1) is 6.83. The van der Waals surface area contributed by atoms with E-state index in [9.17, 15) is 0 Å². The molecule has 0 aliphatic rings. The highest BCUT2D eigenvalue weighted by Crippen LogP contribution is 2.24. The van der Waals surface area contributed by atoms with Crippen LogP contribution in [0.1, 0.15) is 11.1 Å². The summed E-state index contributed by atoms with van der Waals surface area (Å²) in [5.74, 6) is 0. The van der Waals surface area contributed by atoms with E-state index in [1.54, 1.807) is 12.3 Å². The quantitative estimate of drug-likeness (QED) is 0.684. The SMILES string of the molecule is Cc1conc1-c1ccccc1C#N. The minimum absolute atomic E-state index is 0.615. The predicted octanol–water partition coefficient (Wildman–Crippen LogP) is 2.52. The summed E-state index contributed by atoms with van der Waals surface area (Å²) in [6, 6.07) is 9.47. The Kier molecular flexibility index (Phi) is 2.04. The lowest BCUT2D eigenvalue weighted by Gasteiger charge is -1.98. The summed E-state index contributed by atoms with van der Waals surface area (Å²) >= 11 is 0. The molecule has 0 fully saturated rings. The van der Waals surface area contributed by atoms with Crippen LogP contribution in [0.2, 0.25) is 0 Å². The summed E-state index contributed by atoms with van der Waals surface area (Å²) in [7, 11) is 0. The molecule has 0 bridgehead atoms. The van der Waals surface area contributed by atoms with E-state index in [0.717, 1.165) is 16.8 Å². The van der Waals surface area contributed by atoms with Crippen LogP contribution in [0.15, 0.2) is 35.1 Å². The van der Waals surface area contributed by atoms with E-state index >= 15 is 0 Å². The number of aryl methyl sites for hydroxylation is 1. The molecule has 1 heterocycles. The van der Waals surface area contributed by atoms with Gasteiger partial charge in [0, 0.05) is 11.1 Å². The van der Waals surface area contributed by atoms with E-state index in [0.29, 0.717) is 5.56 Å². The van der Waals surface area contributed by atoms with Crippen molar-refractivity contribution in [3.05, 3.63) is 41.7 Å². The molecule has 0 atom stereocenters. The van der Waals surface area contributed by atoms with Gasteiger partial charge in [-0.1, -0.05) is 23.4 Å². The summed E-state index contributed by atoms with van der Waals surface area (Å²) in [4.78, 5) is 0. The molecular weight excluding hydrogens is 176 g/mol. The van der Waals surface area contributed by atoms with Crippen molar-refractivity contribution in [2.45, 2.75) is 6.92 Å². The molecular formula is C11H8N2O. The van der Waals surface area contributed by atoms with Crippen LogP contribution < -0.4 is 0 Å². The molecule has 0 N–H and O–H groups in total. The number of aromatic nitrogens is 1. The van der Waals surface area contributed by atoms with Crippen molar-refractivity contribution in [1.82, 2.24) is 5.16 Å². The Hall–Kier alpha value is -2.08. The maximum Gasteiger partial charge on any atom is 0.127 e. The largest absolute Gasteiger partial charge is 0.364 e. The van der Waals surface area contributed by atoms with E-state index < -0.39 is 0 Å². The highest BCUT2D eigenvalue weighted by molar-refractivity contribution is 5.69. The standard InChI is InChI=1S/C11H8N2O/c1-8-7-14-13-11(8)10-5-3-2-4-9(10)6-12/h2-5,7H,1H3. The van der Waals surface area contributed by atoms with Crippen molar-refractivity contribution in [1.29, 1.82) is 5.26 Å². The maximum absolute atomic E-state index is 8.90. The molecule has 68 valence electrons. The summed E-state index contributed by atoms with van der Waals surface area (Å²) < 4.78 is 4.84. The lowest BCUT2D eigenvalue weighted by Crippen LogP contribution is -1.85. The zero-order valence-corrected chi connectivity index (χ0v) is 7.69. The van der Waals surface area contributed by atoms with Gasteiger partial charge in [0.1, 0.15) is 12.0 Å². The Labute approximate surface area is 81.6 Å². The molecule has 1 aromatic heterocycles. The minimum atomic E-state index is 0.615. The third kappa shape index (κ3) is 1.27. The zero-order valence-electron chi connectivity index (χ0n) is 7.69. The Morgan fingerprint density at radius 1 is 1.36 bits per heavy atom. The average Bonchev–Trinajstić information content (AvgIpc) is 2.64. The number of hydrogen-bond acceptors (Lipinski definition) is 3. The molecule has 0 amide bonds. The van der Waals surface area contributed by atoms with Crippen LogP contribution >= 0.6 is 0 Å². The Morgan fingerprint density at radius 3 is 2.79 bits per heavy atom. The van der Waals surface area contributed by atoms with Crippen LogP contribution in [0, 0.1) is 18.3 Å². The second kappa shape index (κ2) is 3.35. The van der Waals surface area contributed by atoms with Crippen LogP contribution in [-0.2, 0) is 0 Å². The molecule has 3 nitrogen and oxygen atoms in total. The van der Waals surface area contributed by atoms with Crippen molar-refractivity contribution in [2.75, 3.05) is 0 Å². The van der Waals surface area contributed by atoms with Gasteiger partial charge in [-0.15, -0.1) is 0 Å². The molecule has 0 unspecified atom stereocenters. The molecule has 14 heavy (non-hydrogen) atoms. The first-order valence-electron chi connectivity index (χ1n) is 4.23. The van der Waals surface area contributed by atoms with E-state index in [2.05, 4.69) is 11.2 Å². The van der Waals surface area contributed by atoms with Gasteiger partial charge in [-0.2, -0.15) is 5.26 Å². The Morgan fingerprint density at radius 2 is 2.14 bits per heavy atom. The highest BCUT2D eigenvalue weighted by Gasteiger charge is 2.09.